The fraction of sp³-hybridized carbons (Fsp3) is 0.696. The summed E-state index contributed by atoms with van der Waals surface area (Å²) in [6.07, 6.45) is 7.05. The Balaban J connectivity index is 1.53. The Morgan fingerprint density at radius 3 is 2.75 bits per heavy atom. The van der Waals surface area contributed by atoms with Gasteiger partial charge in [-0.05, 0) is 51.2 Å². The van der Waals surface area contributed by atoms with Gasteiger partial charge in [-0.15, -0.1) is 0 Å². The third-order valence-corrected chi connectivity index (χ3v) is 5.74. The molecule has 3 rings (SSSR count). The maximum atomic E-state index is 5.72. The molecule has 1 saturated carbocycles. The van der Waals surface area contributed by atoms with Gasteiger partial charge in [0.05, 0.1) is 19.3 Å². The second kappa shape index (κ2) is 10.8. The number of hydrogen-bond acceptors (Lipinski definition) is 3. The summed E-state index contributed by atoms with van der Waals surface area (Å²) >= 11 is 0. The molecule has 1 saturated heterocycles. The maximum Gasteiger partial charge on any atom is 0.191 e. The van der Waals surface area contributed by atoms with Crippen LogP contribution in [0.15, 0.2) is 29.3 Å². The molecule has 2 fully saturated rings. The Morgan fingerprint density at radius 2 is 2.00 bits per heavy atom. The van der Waals surface area contributed by atoms with E-state index in [9.17, 15) is 0 Å². The van der Waals surface area contributed by atoms with Crippen LogP contribution in [0.1, 0.15) is 64.0 Å². The number of hydrogen-bond donors (Lipinski definition) is 2. The van der Waals surface area contributed by atoms with Gasteiger partial charge in [-0.2, -0.15) is 0 Å². The Hall–Kier alpha value is -1.59. The van der Waals surface area contributed by atoms with E-state index in [-0.39, 0.29) is 6.10 Å². The summed E-state index contributed by atoms with van der Waals surface area (Å²) < 4.78 is 5.72. The SMILES string of the molecule is CCNC(=NCc1cccc(COC(C)C)c1)NC1CCN(C2CCCC2)C1. The van der Waals surface area contributed by atoms with E-state index in [1.54, 1.807) is 0 Å². The number of nitrogens with zero attached hydrogens (tertiary/aromatic N) is 2. The normalized spacial score (nSPS) is 21.6. The molecule has 156 valence electrons. The number of nitrogens with one attached hydrogen (secondary N) is 2. The van der Waals surface area contributed by atoms with Crippen molar-refractivity contribution in [3.05, 3.63) is 35.4 Å². The van der Waals surface area contributed by atoms with E-state index < -0.39 is 0 Å². The topological polar surface area (TPSA) is 48.9 Å². The number of rotatable bonds is 8. The first-order valence-corrected chi connectivity index (χ1v) is 11.1. The second-order valence-electron chi connectivity index (χ2n) is 8.44. The van der Waals surface area contributed by atoms with Crippen LogP contribution in [-0.4, -0.2) is 48.7 Å². The number of benzene rings is 1. The Labute approximate surface area is 170 Å². The fourth-order valence-corrected chi connectivity index (χ4v) is 4.27. The van der Waals surface area contributed by atoms with Crippen molar-refractivity contribution in [2.24, 2.45) is 4.99 Å². The van der Waals surface area contributed by atoms with Gasteiger partial charge >= 0.3 is 0 Å². The molecule has 0 amide bonds. The summed E-state index contributed by atoms with van der Waals surface area (Å²) in [5.74, 6) is 0.935. The van der Waals surface area contributed by atoms with E-state index in [4.69, 9.17) is 9.73 Å². The zero-order valence-corrected chi connectivity index (χ0v) is 17.9. The molecule has 2 aliphatic rings. The average Bonchev–Trinajstić information content (AvgIpc) is 3.37. The van der Waals surface area contributed by atoms with E-state index in [2.05, 4.69) is 60.6 Å². The molecule has 0 bridgehead atoms. The van der Waals surface area contributed by atoms with Crippen LogP contribution in [0.3, 0.4) is 0 Å². The lowest BCUT2D eigenvalue weighted by Gasteiger charge is -2.24. The minimum atomic E-state index is 0.251. The molecule has 1 aliphatic carbocycles. The molecule has 1 unspecified atom stereocenters. The first-order chi connectivity index (χ1) is 13.6. The minimum absolute atomic E-state index is 0.251. The first kappa shape index (κ1) is 21.1. The lowest BCUT2D eigenvalue weighted by atomic mass is 10.1. The van der Waals surface area contributed by atoms with Gasteiger partial charge in [0.25, 0.3) is 0 Å². The zero-order chi connectivity index (χ0) is 19.8. The molecule has 0 aromatic heterocycles. The van der Waals surface area contributed by atoms with E-state index in [0.29, 0.717) is 19.2 Å². The summed E-state index contributed by atoms with van der Waals surface area (Å²) in [6.45, 7) is 10.9. The molecular formula is C23H38N4O. The molecule has 1 heterocycles. The van der Waals surface area contributed by atoms with Crippen LogP contribution in [0, 0.1) is 0 Å². The van der Waals surface area contributed by atoms with Crippen LogP contribution in [0.2, 0.25) is 0 Å². The predicted octanol–water partition coefficient (Wildman–Crippen LogP) is 3.68. The minimum Gasteiger partial charge on any atom is -0.374 e. The Bertz CT molecular complexity index is 625. The van der Waals surface area contributed by atoms with Gasteiger partial charge in [0.2, 0.25) is 0 Å². The third-order valence-electron chi connectivity index (χ3n) is 5.74. The smallest absolute Gasteiger partial charge is 0.191 e. The van der Waals surface area contributed by atoms with Crippen molar-refractivity contribution in [3.63, 3.8) is 0 Å². The molecule has 1 aromatic rings. The molecule has 0 radical (unpaired) electrons. The summed E-state index contributed by atoms with van der Waals surface area (Å²) in [6, 6.07) is 9.89. The number of aliphatic imine (C=N–C) groups is 1. The number of likely N-dealkylation sites (tertiary alicyclic amines) is 1. The molecule has 28 heavy (non-hydrogen) atoms. The zero-order valence-electron chi connectivity index (χ0n) is 17.9. The highest BCUT2D eigenvalue weighted by Crippen LogP contribution is 2.26. The monoisotopic (exact) mass is 386 g/mol. The highest BCUT2D eigenvalue weighted by atomic mass is 16.5. The lowest BCUT2D eigenvalue weighted by molar-refractivity contribution is 0.0657. The Morgan fingerprint density at radius 1 is 1.21 bits per heavy atom. The lowest BCUT2D eigenvalue weighted by Crippen LogP contribution is -2.45. The van der Waals surface area contributed by atoms with Crippen molar-refractivity contribution >= 4 is 5.96 Å². The van der Waals surface area contributed by atoms with Crippen molar-refractivity contribution in [2.45, 2.75) is 84.2 Å². The number of ether oxygens (including phenoxy) is 1. The van der Waals surface area contributed by atoms with Crippen molar-refractivity contribution < 1.29 is 4.74 Å². The molecule has 5 nitrogen and oxygen atoms in total. The van der Waals surface area contributed by atoms with E-state index in [1.165, 1.54) is 49.8 Å². The van der Waals surface area contributed by atoms with Crippen LogP contribution >= 0.6 is 0 Å². The predicted molar refractivity (Wildman–Crippen MR) is 117 cm³/mol. The van der Waals surface area contributed by atoms with E-state index in [0.717, 1.165) is 25.1 Å². The van der Waals surface area contributed by atoms with Gasteiger partial charge in [0.1, 0.15) is 0 Å². The van der Waals surface area contributed by atoms with Crippen LogP contribution < -0.4 is 10.6 Å². The van der Waals surface area contributed by atoms with Gasteiger partial charge in [-0.3, -0.25) is 4.90 Å². The van der Waals surface area contributed by atoms with E-state index in [1.807, 2.05) is 0 Å². The van der Waals surface area contributed by atoms with Gasteiger partial charge in [0, 0.05) is 31.7 Å². The van der Waals surface area contributed by atoms with Gasteiger partial charge in [-0.25, -0.2) is 4.99 Å². The Kier molecular flexibility index (Phi) is 8.16. The van der Waals surface area contributed by atoms with Crippen LogP contribution in [0.4, 0.5) is 0 Å². The molecule has 1 atom stereocenters. The quantitative estimate of drug-likeness (QED) is 0.528. The van der Waals surface area contributed by atoms with Crippen molar-refractivity contribution in [3.8, 4) is 0 Å². The van der Waals surface area contributed by atoms with Crippen molar-refractivity contribution in [2.75, 3.05) is 19.6 Å². The van der Waals surface area contributed by atoms with Crippen LogP contribution in [-0.2, 0) is 17.9 Å². The standard InChI is InChI=1S/C23H38N4O/c1-4-24-23(26-21-12-13-27(16-21)22-10-5-6-11-22)25-15-19-8-7-9-20(14-19)17-28-18(2)3/h7-9,14,18,21-22H,4-6,10-13,15-17H2,1-3H3,(H2,24,25,26). The molecular weight excluding hydrogens is 348 g/mol. The van der Waals surface area contributed by atoms with Crippen molar-refractivity contribution in [1.82, 2.24) is 15.5 Å². The van der Waals surface area contributed by atoms with E-state index >= 15 is 0 Å². The summed E-state index contributed by atoms with van der Waals surface area (Å²) in [5, 5.41) is 7.08. The van der Waals surface area contributed by atoms with Crippen LogP contribution in [0.5, 0.6) is 0 Å². The van der Waals surface area contributed by atoms with Gasteiger partial charge in [0.15, 0.2) is 5.96 Å². The second-order valence-corrected chi connectivity index (χ2v) is 8.44. The average molecular weight is 387 g/mol. The highest BCUT2D eigenvalue weighted by molar-refractivity contribution is 5.80. The summed E-state index contributed by atoms with van der Waals surface area (Å²) in [5.41, 5.74) is 2.43. The van der Waals surface area contributed by atoms with Crippen molar-refractivity contribution in [1.29, 1.82) is 0 Å². The molecule has 1 aliphatic heterocycles. The summed E-state index contributed by atoms with van der Waals surface area (Å²) in [7, 11) is 0. The summed E-state index contributed by atoms with van der Waals surface area (Å²) in [4.78, 5) is 7.53. The largest absolute Gasteiger partial charge is 0.374 e. The molecule has 2 N–H and O–H groups in total. The third kappa shape index (κ3) is 6.49. The molecule has 5 heteroatoms. The first-order valence-electron chi connectivity index (χ1n) is 11.1. The molecule has 0 spiro atoms. The maximum absolute atomic E-state index is 5.72. The number of guanidine groups is 1. The molecule has 1 aromatic carbocycles. The van der Waals surface area contributed by atoms with Gasteiger partial charge in [-0.1, -0.05) is 37.1 Å². The van der Waals surface area contributed by atoms with Gasteiger partial charge < -0.3 is 15.4 Å². The fourth-order valence-electron chi connectivity index (χ4n) is 4.27. The van der Waals surface area contributed by atoms with Crippen LogP contribution in [0.25, 0.3) is 0 Å². The highest BCUT2D eigenvalue weighted by Gasteiger charge is 2.30.